The summed E-state index contributed by atoms with van der Waals surface area (Å²) in [7, 11) is 0. The van der Waals surface area contributed by atoms with Crippen molar-refractivity contribution in [2.24, 2.45) is 0 Å². The van der Waals surface area contributed by atoms with Gasteiger partial charge in [-0.05, 0) is 24.4 Å². The third-order valence-electron chi connectivity index (χ3n) is 1.71. The molecular formula is C8H4FN3S. The van der Waals surface area contributed by atoms with E-state index in [4.69, 9.17) is 17.5 Å². The predicted octanol–water partition coefficient (Wildman–Crippen LogP) is 2.24. The lowest BCUT2D eigenvalue weighted by Crippen LogP contribution is -1.81. The summed E-state index contributed by atoms with van der Waals surface area (Å²) in [5, 5.41) is 8.56. The van der Waals surface area contributed by atoms with E-state index in [-0.39, 0.29) is 5.56 Å². The summed E-state index contributed by atoms with van der Waals surface area (Å²) in [6.07, 6.45) is 0. The van der Waals surface area contributed by atoms with Crippen LogP contribution in [0.1, 0.15) is 5.56 Å². The lowest BCUT2D eigenvalue weighted by molar-refractivity contribution is 0.637. The van der Waals surface area contributed by atoms with Gasteiger partial charge in [0.05, 0.1) is 17.1 Å². The first-order valence-electron chi connectivity index (χ1n) is 3.52. The number of nitriles is 1. The minimum absolute atomic E-state index is 0.273. The van der Waals surface area contributed by atoms with Gasteiger partial charge in [0.1, 0.15) is 11.3 Å². The van der Waals surface area contributed by atoms with Gasteiger partial charge < -0.3 is 9.97 Å². The van der Waals surface area contributed by atoms with Crippen LogP contribution in [0.15, 0.2) is 12.1 Å². The number of hydrogen-bond donors (Lipinski definition) is 2. The largest absolute Gasteiger partial charge is 0.331 e. The van der Waals surface area contributed by atoms with Crippen molar-refractivity contribution in [1.82, 2.24) is 9.97 Å². The van der Waals surface area contributed by atoms with Gasteiger partial charge in [0, 0.05) is 0 Å². The predicted molar refractivity (Wildman–Crippen MR) is 48.2 cm³/mol. The average molecular weight is 193 g/mol. The Hall–Kier alpha value is -1.67. The van der Waals surface area contributed by atoms with Crippen LogP contribution in [0.5, 0.6) is 0 Å². The second-order valence-electron chi connectivity index (χ2n) is 2.57. The van der Waals surface area contributed by atoms with Gasteiger partial charge >= 0.3 is 0 Å². The molecule has 13 heavy (non-hydrogen) atoms. The highest BCUT2D eigenvalue weighted by Gasteiger charge is 2.04. The highest BCUT2D eigenvalue weighted by atomic mass is 32.1. The van der Waals surface area contributed by atoms with Crippen LogP contribution in [0.2, 0.25) is 0 Å². The van der Waals surface area contributed by atoms with Crippen LogP contribution in [-0.2, 0) is 0 Å². The fourth-order valence-electron chi connectivity index (χ4n) is 1.16. The molecule has 0 amide bonds. The molecule has 0 fully saturated rings. The highest BCUT2D eigenvalue weighted by molar-refractivity contribution is 7.71. The monoisotopic (exact) mass is 193 g/mol. The molecule has 1 heterocycles. The quantitative estimate of drug-likeness (QED) is 0.630. The van der Waals surface area contributed by atoms with E-state index in [1.807, 2.05) is 6.07 Å². The van der Waals surface area contributed by atoms with E-state index in [0.717, 1.165) is 0 Å². The number of fused-ring (bicyclic) bond motifs is 1. The minimum atomic E-state index is -0.471. The van der Waals surface area contributed by atoms with Crippen molar-refractivity contribution in [1.29, 1.82) is 5.26 Å². The number of aromatic nitrogens is 2. The molecule has 0 saturated heterocycles. The standard InChI is InChI=1S/C8H4FN3S/c9-5-1-4(3-10)2-6-7(5)12-8(13)11-6/h1-2H,(H2,11,12,13). The van der Waals surface area contributed by atoms with Gasteiger partial charge in [0.2, 0.25) is 0 Å². The smallest absolute Gasteiger partial charge is 0.175 e. The maximum Gasteiger partial charge on any atom is 0.175 e. The molecule has 64 valence electrons. The van der Waals surface area contributed by atoms with Crippen LogP contribution < -0.4 is 0 Å². The topological polar surface area (TPSA) is 55.4 Å². The number of rotatable bonds is 0. The van der Waals surface area contributed by atoms with Crippen LogP contribution in [0.3, 0.4) is 0 Å². The summed E-state index contributed by atoms with van der Waals surface area (Å²) in [4.78, 5) is 5.40. The van der Waals surface area contributed by atoms with Crippen molar-refractivity contribution in [2.75, 3.05) is 0 Å². The van der Waals surface area contributed by atoms with Crippen LogP contribution in [0.25, 0.3) is 11.0 Å². The number of imidazole rings is 1. The molecule has 2 rings (SSSR count). The van der Waals surface area contributed by atoms with E-state index in [2.05, 4.69) is 9.97 Å². The molecule has 0 aliphatic carbocycles. The SMILES string of the molecule is N#Cc1cc(F)c2[nH]c(=S)[nH]c2c1. The van der Waals surface area contributed by atoms with E-state index < -0.39 is 5.82 Å². The molecular weight excluding hydrogens is 189 g/mol. The normalized spacial score (nSPS) is 10.2. The second kappa shape index (κ2) is 2.68. The molecule has 1 aromatic heterocycles. The lowest BCUT2D eigenvalue weighted by Gasteiger charge is -1.92. The van der Waals surface area contributed by atoms with E-state index in [1.54, 1.807) is 6.07 Å². The first kappa shape index (κ1) is 7.95. The molecule has 0 atom stereocenters. The van der Waals surface area contributed by atoms with Gasteiger partial charge in [-0.1, -0.05) is 0 Å². The van der Waals surface area contributed by atoms with Crippen molar-refractivity contribution in [3.63, 3.8) is 0 Å². The first-order chi connectivity index (χ1) is 6.20. The Morgan fingerprint density at radius 1 is 1.38 bits per heavy atom. The minimum Gasteiger partial charge on any atom is -0.331 e. The molecule has 1 aromatic carbocycles. The Morgan fingerprint density at radius 3 is 2.85 bits per heavy atom. The number of hydrogen-bond acceptors (Lipinski definition) is 2. The molecule has 0 aliphatic heterocycles. The highest BCUT2D eigenvalue weighted by Crippen LogP contribution is 2.16. The third-order valence-corrected chi connectivity index (χ3v) is 1.91. The molecule has 0 aliphatic rings. The molecule has 0 unspecified atom stereocenters. The second-order valence-corrected chi connectivity index (χ2v) is 2.98. The Bertz CT molecular complexity index is 561. The number of nitrogens with zero attached hydrogens (tertiary/aromatic N) is 1. The number of benzene rings is 1. The van der Waals surface area contributed by atoms with Crippen LogP contribution in [0.4, 0.5) is 4.39 Å². The van der Waals surface area contributed by atoms with Crippen LogP contribution in [0, 0.1) is 21.9 Å². The van der Waals surface area contributed by atoms with Gasteiger partial charge in [0.15, 0.2) is 4.77 Å². The van der Waals surface area contributed by atoms with Gasteiger partial charge in [-0.25, -0.2) is 4.39 Å². The lowest BCUT2D eigenvalue weighted by atomic mass is 10.2. The summed E-state index contributed by atoms with van der Waals surface area (Å²) in [6.45, 7) is 0. The molecule has 0 radical (unpaired) electrons. The van der Waals surface area contributed by atoms with Crippen molar-refractivity contribution in [2.45, 2.75) is 0 Å². The Balaban J connectivity index is 2.93. The van der Waals surface area contributed by atoms with E-state index >= 15 is 0 Å². The van der Waals surface area contributed by atoms with Gasteiger partial charge in [-0.3, -0.25) is 0 Å². The van der Waals surface area contributed by atoms with Crippen molar-refractivity contribution >= 4 is 23.3 Å². The molecule has 0 bridgehead atoms. The van der Waals surface area contributed by atoms with E-state index in [0.29, 0.717) is 15.8 Å². The Morgan fingerprint density at radius 2 is 2.15 bits per heavy atom. The number of H-pyrrole nitrogens is 2. The maximum atomic E-state index is 13.2. The first-order valence-corrected chi connectivity index (χ1v) is 3.93. The van der Waals surface area contributed by atoms with E-state index in [9.17, 15) is 4.39 Å². The molecule has 2 N–H and O–H groups in total. The zero-order chi connectivity index (χ0) is 9.42. The fraction of sp³-hybridized carbons (Fsp3) is 0. The number of aromatic amines is 2. The summed E-state index contributed by atoms with van der Waals surface area (Å²) in [5.41, 5.74) is 1.10. The van der Waals surface area contributed by atoms with Crippen LogP contribution in [-0.4, -0.2) is 9.97 Å². The molecule has 0 spiro atoms. The molecule has 0 saturated carbocycles. The number of nitrogens with one attached hydrogen (secondary N) is 2. The number of halogens is 1. The maximum absolute atomic E-state index is 13.2. The van der Waals surface area contributed by atoms with Crippen molar-refractivity contribution in [3.8, 4) is 6.07 Å². The van der Waals surface area contributed by atoms with Crippen molar-refractivity contribution < 1.29 is 4.39 Å². The average Bonchev–Trinajstić information content (AvgIpc) is 2.46. The Labute approximate surface area is 77.8 Å². The van der Waals surface area contributed by atoms with Crippen molar-refractivity contribution in [3.05, 3.63) is 28.3 Å². The zero-order valence-electron chi connectivity index (χ0n) is 6.39. The van der Waals surface area contributed by atoms with Gasteiger partial charge in [-0.2, -0.15) is 5.26 Å². The summed E-state index contributed by atoms with van der Waals surface area (Å²) >= 11 is 4.79. The van der Waals surface area contributed by atoms with Gasteiger partial charge in [-0.15, -0.1) is 0 Å². The molecule has 3 nitrogen and oxygen atoms in total. The van der Waals surface area contributed by atoms with E-state index in [1.165, 1.54) is 6.07 Å². The third kappa shape index (κ3) is 1.21. The van der Waals surface area contributed by atoms with Gasteiger partial charge in [0.25, 0.3) is 0 Å². The summed E-state index contributed by atoms with van der Waals surface area (Å²) in [6, 6.07) is 4.58. The molecule has 5 heteroatoms. The van der Waals surface area contributed by atoms with Crippen LogP contribution >= 0.6 is 12.2 Å². The zero-order valence-corrected chi connectivity index (χ0v) is 7.20. The fourth-order valence-corrected chi connectivity index (χ4v) is 1.38. The summed E-state index contributed by atoms with van der Waals surface area (Å²) < 4.78 is 13.5. The summed E-state index contributed by atoms with van der Waals surface area (Å²) in [5.74, 6) is -0.471. The Kier molecular flexibility index (Phi) is 1.64. The molecule has 2 aromatic rings.